The maximum atomic E-state index is 12.9. The molecule has 2 rings (SSSR count). The first kappa shape index (κ1) is 24.9. The number of nitrogens with one attached hydrogen (secondary N) is 3. The van der Waals surface area contributed by atoms with Gasteiger partial charge in [0.1, 0.15) is 11.5 Å². The number of sulfonamides is 1. The van der Waals surface area contributed by atoms with Crippen LogP contribution in [-0.4, -0.2) is 25.4 Å². The number of carbonyl (C=O) groups excluding carboxylic acids is 1. The minimum Gasteiger partial charge on any atom is -0.367 e. The van der Waals surface area contributed by atoms with E-state index in [9.17, 15) is 26.4 Å². The van der Waals surface area contributed by atoms with E-state index in [-0.39, 0.29) is 18.4 Å². The number of nitrogens with zero attached hydrogens (tertiary/aromatic N) is 1. The highest BCUT2D eigenvalue weighted by Gasteiger charge is 2.33. The molecule has 0 saturated heterocycles. The van der Waals surface area contributed by atoms with E-state index in [2.05, 4.69) is 26.9 Å². The number of aromatic nitrogens is 1. The van der Waals surface area contributed by atoms with Crippen molar-refractivity contribution < 1.29 is 26.4 Å². The van der Waals surface area contributed by atoms with Crippen molar-refractivity contribution in [1.29, 1.82) is 0 Å². The molecule has 0 radical (unpaired) electrons. The van der Waals surface area contributed by atoms with Gasteiger partial charge in [0.25, 0.3) is 10.0 Å². The van der Waals surface area contributed by atoms with Crippen LogP contribution in [0.5, 0.6) is 0 Å². The molecule has 32 heavy (non-hydrogen) atoms. The number of hydrogen-bond acceptors (Lipinski definition) is 5. The fourth-order valence-electron chi connectivity index (χ4n) is 2.46. The molecule has 0 atom stereocenters. The van der Waals surface area contributed by atoms with Gasteiger partial charge >= 0.3 is 6.18 Å². The van der Waals surface area contributed by atoms with Crippen molar-refractivity contribution in [3.8, 4) is 0 Å². The number of anilines is 2. The molecule has 0 aliphatic rings. The van der Waals surface area contributed by atoms with Gasteiger partial charge in [0.05, 0.1) is 0 Å². The Labute approximate surface area is 184 Å². The fraction of sp³-hybridized carbons (Fsp3) is 0.238. The first-order valence-corrected chi connectivity index (χ1v) is 11.0. The molecule has 0 aliphatic carbocycles. The Balaban J connectivity index is 2.03. The predicted molar refractivity (Wildman–Crippen MR) is 118 cm³/mol. The molecule has 0 spiro atoms. The van der Waals surface area contributed by atoms with Gasteiger partial charge in [0.2, 0.25) is 5.91 Å². The molecule has 1 heterocycles. The van der Waals surface area contributed by atoms with Crippen molar-refractivity contribution in [3.05, 3.63) is 71.3 Å². The Morgan fingerprint density at radius 2 is 1.81 bits per heavy atom. The van der Waals surface area contributed by atoms with Gasteiger partial charge in [-0.3, -0.25) is 9.52 Å². The lowest BCUT2D eigenvalue weighted by molar-refractivity contribution is -0.141. The Morgan fingerprint density at radius 1 is 1.16 bits per heavy atom. The van der Waals surface area contributed by atoms with Gasteiger partial charge in [0.15, 0.2) is 0 Å². The average molecular weight is 469 g/mol. The molecule has 0 fully saturated rings. The van der Waals surface area contributed by atoms with E-state index in [0.717, 1.165) is 11.5 Å². The molecule has 1 amide bonds. The number of benzene rings is 1. The molecule has 2 aromatic rings. The summed E-state index contributed by atoms with van der Waals surface area (Å²) in [6, 6.07) is 8.28. The number of rotatable bonds is 9. The van der Waals surface area contributed by atoms with Gasteiger partial charge in [0, 0.05) is 35.3 Å². The van der Waals surface area contributed by atoms with Crippen LogP contribution in [0.4, 0.5) is 24.7 Å². The quantitative estimate of drug-likeness (QED) is 0.481. The second-order valence-electron chi connectivity index (χ2n) is 6.99. The maximum Gasteiger partial charge on any atom is 0.433 e. The van der Waals surface area contributed by atoms with Crippen LogP contribution in [0.15, 0.2) is 54.5 Å². The Kier molecular flexibility index (Phi) is 8.03. The number of carbonyl (C=O) groups is 1. The summed E-state index contributed by atoms with van der Waals surface area (Å²) in [6.45, 7) is 6.89. The zero-order chi connectivity index (χ0) is 23.9. The van der Waals surface area contributed by atoms with Crippen molar-refractivity contribution in [2.45, 2.75) is 32.6 Å². The maximum absolute atomic E-state index is 12.9. The second-order valence-corrected chi connectivity index (χ2v) is 8.62. The Morgan fingerprint density at radius 3 is 2.38 bits per heavy atom. The summed E-state index contributed by atoms with van der Waals surface area (Å²) in [5, 5.41) is 6.28. The molecule has 172 valence electrons. The minimum absolute atomic E-state index is 0.0245. The van der Waals surface area contributed by atoms with Gasteiger partial charge in [-0.25, -0.2) is 13.4 Å². The minimum atomic E-state index is -4.58. The average Bonchev–Trinajstić information content (AvgIpc) is 2.71. The van der Waals surface area contributed by atoms with Crippen LogP contribution in [0, 0.1) is 0 Å². The highest BCUT2D eigenvalue weighted by Crippen LogP contribution is 2.30. The van der Waals surface area contributed by atoms with Gasteiger partial charge < -0.3 is 10.6 Å². The molecule has 0 unspecified atom stereocenters. The SMILES string of the molecule is C=CS(=O)(=O)Nc1ccc(CNC(=O)/C=C/c2ccc(C(F)(F)F)nc2NC(C)C)cc1. The monoisotopic (exact) mass is 468 g/mol. The summed E-state index contributed by atoms with van der Waals surface area (Å²) >= 11 is 0. The highest BCUT2D eigenvalue weighted by molar-refractivity contribution is 7.95. The molecule has 0 bridgehead atoms. The molecule has 11 heteroatoms. The normalized spacial score (nSPS) is 12.1. The Hall–Kier alpha value is -3.34. The van der Waals surface area contributed by atoms with Crippen molar-refractivity contribution in [2.75, 3.05) is 10.0 Å². The number of alkyl halides is 3. The molecule has 0 aliphatic heterocycles. The standard InChI is InChI=1S/C21H23F3N4O3S/c1-4-32(30,31)28-17-9-5-15(6-10-17)13-25-19(29)12-8-16-7-11-18(21(22,23)24)27-20(16)26-14(2)3/h4-12,14,28H,1,13H2,2-3H3,(H,25,29)(H,26,27)/b12-8+. The summed E-state index contributed by atoms with van der Waals surface area (Å²) in [5.41, 5.74) is 0.369. The van der Waals surface area contributed by atoms with Crippen molar-refractivity contribution in [2.24, 2.45) is 0 Å². The molecule has 3 N–H and O–H groups in total. The lowest BCUT2D eigenvalue weighted by Crippen LogP contribution is -2.20. The van der Waals surface area contributed by atoms with E-state index >= 15 is 0 Å². The van der Waals surface area contributed by atoms with Crippen LogP contribution in [0.25, 0.3) is 6.08 Å². The molecular formula is C21H23F3N4O3S. The summed E-state index contributed by atoms with van der Waals surface area (Å²) in [4.78, 5) is 15.7. The van der Waals surface area contributed by atoms with Crippen molar-refractivity contribution >= 4 is 33.5 Å². The van der Waals surface area contributed by atoms with Gasteiger partial charge in [-0.05, 0) is 49.8 Å². The predicted octanol–water partition coefficient (Wildman–Crippen LogP) is 4.14. The lowest BCUT2D eigenvalue weighted by atomic mass is 10.2. The third kappa shape index (κ3) is 7.73. The number of hydrogen-bond donors (Lipinski definition) is 3. The second kappa shape index (κ2) is 10.3. The highest BCUT2D eigenvalue weighted by atomic mass is 32.2. The van der Waals surface area contributed by atoms with Crippen LogP contribution in [0.1, 0.15) is 30.7 Å². The molecular weight excluding hydrogens is 445 g/mol. The van der Waals surface area contributed by atoms with E-state index in [1.807, 2.05) is 0 Å². The van der Waals surface area contributed by atoms with Crippen LogP contribution < -0.4 is 15.4 Å². The third-order valence-electron chi connectivity index (χ3n) is 3.96. The number of halogens is 3. The van der Waals surface area contributed by atoms with E-state index in [4.69, 9.17) is 0 Å². The first-order chi connectivity index (χ1) is 14.9. The molecule has 7 nitrogen and oxygen atoms in total. The number of amides is 1. The van der Waals surface area contributed by atoms with Gasteiger partial charge in [-0.2, -0.15) is 13.2 Å². The summed E-state index contributed by atoms with van der Waals surface area (Å²) in [5.74, 6) is -0.437. The van der Waals surface area contributed by atoms with Crippen LogP contribution in [-0.2, 0) is 27.5 Å². The summed E-state index contributed by atoms with van der Waals surface area (Å²) in [6.07, 6.45) is -2.00. The first-order valence-electron chi connectivity index (χ1n) is 9.44. The largest absolute Gasteiger partial charge is 0.433 e. The Bertz CT molecular complexity index is 1100. The van der Waals surface area contributed by atoms with Gasteiger partial charge in [-0.1, -0.05) is 18.7 Å². The lowest BCUT2D eigenvalue weighted by Gasteiger charge is -2.14. The summed E-state index contributed by atoms with van der Waals surface area (Å²) in [7, 11) is -3.60. The van der Waals surface area contributed by atoms with E-state index in [1.54, 1.807) is 26.0 Å². The van der Waals surface area contributed by atoms with Crippen LogP contribution >= 0.6 is 0 Å². The third-order valence-corrected chi connectivity index (χ3v) is 4.92. The topological polar surface area (TPSA) is 100 Å². The van der Waals surface area contributed by atoms with E-state index < -0.39 is 27.8 Å². The zero-order valence-electron chi connectivity index (χ0n) is 17.4. The number of pyridine rings is 1. The van der Waals surface area contributed by atoms with E-state index in [0.29, 0.717) is 16.8 Å². The molecule has 1 aromatic carbocycles. The fourth-order valence-corrected chi connectivity index (χ4v) is 3.01. The zero-order valence-corrected chi connectivity index (χ0v) is 18.2. The summed E-state index contributed by atoms with van der Waals surface area (Å²) < 4.78 is 64.0. The molecule has 1 aromatic heterocycles. The van der Waals surface area contributed by atoms with E-state index in [1.165, 1.54) is 30.4 Å². The van der Waals surface area contributed by atoms with Crippen LogP contribution in [0.3, 0.4) is 0 Å². The van der Waals surface area contributed by atoms with Crippen molar-refractivity contribution in [1.82, 2.24) is 10.3 Å². The van der Waals surface area contributed by atoms with Crippen molar-refractivity contribution in [3.63, 3.8) is 0 Å². The van der Waals surface area contributed by atoms with Crippen LogP contribution in [0.2, 0.25) is 0 Å². The van der Waals surface area contributed by atoms with Gasteiger partial charge in [-0.15, -0.1) is 0 Å². The smallest absolute Gasteiger partial charge is 0.367 e. The molecule has 0 saturated carbocycles.